The molecule has 0 atom stereocenters. The molecule has 0 aromatic carbocycles. The number of nitrogens with zero attached hydrogens (tertiary/aromatic N) is 3. The van der Waals surface area contributed by atoms with Crippen molar-refractivity contribution in [2.24, 2.45) is 0 Å². The molecule has 0 spiro atoms. The molecule has 0 aliphatic heterocycles. The minimum atomic E-state index is 0. The van der Waals surface area contributed by atoms with Crippen molar-refractivity contribution in [1.82, 2.24) is 0 Å². The Hall–Kier alpha value is 0.710. The molecule has 14 heavy (non-hydrogen) atoms. The van der Waals surface area contributed by atoms with Gasteiger partial charge in [0.25, 0.3) is 0 Å². The van der Waals surface area contributed by atoms with Crippen molar-refractivity contribution in [3.63, 3.8) is 0 Å². The van der Waals surface area contributed by atoms with Gasteiger partial charge in [-0.15, -0.1) is 0 Å². The number of nitrogens with one attached hydrogen (secondary N) is 1. The third-order valence-electron chi connectivity index (χ3n) is 0.250. The van der Waals surface area contributed by atoms with Crippen molar-refractivity contribution in [1.29, 1.82) is 0 Å². The Balaban J connectivity index is -0.0000000254. The summed E-state index contributed by atoms with van der Waals surface area (Å²) in [5.41, 5.74) is 6.45. The van der Waals surface area contributed by atoms with Crippen LogP contribution in [0.3, 0.4) is 0 Å². The molecule has 0 aromatic rings. The second-order valence-corrected chi connectivity index (χ2v) is 2.09. The van der Waals surface area contributed by atoms with Crippen LogP contribution in [-0.2, 0) is 25.8 Å². The first-order valence-corrected chi connectivity index (χ1v) is 4.24. The van der Waals surface area contributed by atoms with Crippen LogP contribution in [0.15, 0.2) is 0 Å². The maximum absolute atomic E-state index is 6.45. The van der Waals surface area contributed by atoms with Crippen LogP contribution in [0.1, 0.15) is 13.3 Å². The van der Waals surface area contributed by atoms with Crippen molar-refractivity contribution in [3.05, 3.63) is 21.7 Å². The maximum Gasteiger partial charge on any atom is 4.00 e. The first-order chi connectivity index (χ1) is 6.16. The van der Waals surface area contributed by atoms with Crippen molar-refractivity contribution < 1.29 is 25.8 Å². The van der Waals surface area contributed by atoms with Crippen molar-refractivity contribution in [3.8, 4) is 0 Å². The van der Waals surface area contributed by atoms with Crippen LogP contribution in [0.4, 0.5) is 0 Å². The van der Waals surface area contributed by atoms with Gasteiger partial charge >= 0.3 is 25.8 Å². The summed E-state index contributed by atoms with van der Waals surface area (Å²) in [6.07, 6.45) is 0.986. The Bertz CT molecular complexity index is 33.2. The molecule has 0 bridgehead atoms. The Kier molecular flexibility index (Phi) is 142. The molecule has 0 heterocycles. The maximum atomic E-state index is 6.45. The van der Waals surface area contributed by atoms with Crippen molar-refractivity contribution >= 4 is 0 Å². The molecule has 0 rings (SSSR count). The average Bonchev–Trinajstić information content (AvgIpc) is 2.08. The summed E-state index contributed by atoms with van der Waals surface area (Å²) in [4.78, 5) is 0. The van der Waals surface area contributed by atoms with Gasteiger partial charge in [0.2, 0.25) is 0 Å². The van der Waals surface area contributed by atoms with E-state index in [1.54, 1.807) is 42.3 Å². The molecule has 0 amide bonds. The van der Waals surface area contributed by atoms with Crippen LogP contribution in [0.25, 0.3) is 21.7 Å². The summed E-state index contributed by atoms with van der Waals surface area (Å²) in [5, 5.41) is 10.5. The number of hydrogen-bond donors (Lipinski definition) is 0. The fourth-order valence-corrected chi connectivity index (χ4v) is 0. The Morgan fingerprint density at radius 1 is 0.786 bits per heavy atom. The first-order valence-electron chi connectivity index (χ1n) is 4.24. The van der Waals surface area contributed by atoms with E-state index in [4.69, 9.17) is 5.73 Å². The van der Waals surface area contributed by atoms with Crippen LogP contribution in [-0.4, -0.2) is 48.8 Å². The van der Waals surface area contributed by atoms with E-state index in [1.165, 1.54) is 0 Å². The Labute approximate surface area is 110 Å². The SMILES string of the molecule is CCC[NH-].C[N-]C.C[N-]C.C[N-]C.[Hf+4]. The molecule has 0 aromatic heterocycles. The summed E-state index contributed by atoms with van der Waals surface area (Å²) in [6.45, 7) is 2.56. The van der Waals surface area contributed by atoms with Crippen LogP contribution in [0.5, 0.6) is 0 Å². The smallest absolute Gasteiger partial charge is 0.677 e. The summed E-state index contributed by atoms with van der Waals surface area (Å²) in [6, 6.07) is 0. The topological polar surface area (TPSA) is 66.1 Å². The molecule has 0 fully saturated rings. The van der Waals surface area contributed by atoms with Gasteiger partial charge in [0.15, 0.2) is 0 Å². The molecule has 0 radical (unpaired) electrons. The zero-order valence-electron chi connectivity index (χ0n) is 10.8. The largest absolute Gasteiger partial charge is 4.00 e. The van der Waals surface area contributed by atoms with E-state index in [1.807, 2.05) is 6.92 Å². The van der Waals surface area contributed by atoms with E-state index in [0.717, 1.165) is 6.42 Å². The molecule has 86 valence electrons. The summed E-state index contributed by atoms with van der Waals surface area (Å²) < 4.78 is 0. The van der Waals surface area contributed by atoms with E-state index in [9.17, 15) is 0 Å². The third kappa shape index (κ3) is 596. The fourth-order valence-electron chi connectivity index (χ4n) is 0. The second kappa shape index (κ2) is 67.9. The van der Waals surface area contributed by atoms with Crippen LogP contribution in [0.2, 0.25) is 0 Å². The first kappa shape index (κ1) is 29.3. The average molecular weight is 369 g/mol. The third-order valence-corrected chi connectivity index (χ3v) is 0.250. The van der Waals surface area contributed by atoms with E-state index < -0.39 is 0 Å². The van der Waals surface area contributed by atoms with Crippen LogP contribution in [0, 0.1) is 0 Å². The molecular formula is C9H26HfN4. The van der Waals surface area contributed by atoms with Crippen molar-refractivity contribution in [2.75, 3.05) is 48.8 Å². The van der Waals surface area contributed by atoms with Gasteiger partial charge in [0, 0.05) is 0 Å². The van der Waals surface area contributed by atoms with Gasteiger partial charge in [-0.05, 0) is 0 Å². The monoisotopic (exact) mass is 370 g/mol. The summed E-state index contributed by atoms with van der Waals surface area (Å²) in [5.74, 6) is 0. The molecule has 0 saturated heterocycles. The van der Waals surface area contributed by atoms with E-state index >= 15 is 0 Å². The molecule has 0 aliphatic rings. The molecule has 1 N–H and O–H groups in total. The zero-order valence-corrected chi connectivity index (χ0v) is 14.3. The minimum Gasteiger partial charge on any atom is -0.677 e. The zero-order chi connectivity index (χ0) is 11.5. The number of hydrogen-bond acceptors (Lipinski definition) is 0. The summed E-state index contributed by atoms with van der Waals surface area (Å²) >= 11 is 0. The minimum absolute atomic E-state index is 0. The Morgan fingerprint density at radius 2 is 0.857 bits per heavy atom. The van der Waals surface area contributed by atoms with Gasteiger partial charge in [0.1, 0.15) is 0 Å². The molecule has 0 aliphatic carbocycles. The van der Waals surface area contributed by atoms with Gasteiger partial charge in [-0.25, -0.2) is 0 Å². The molecule has 5 heteroatoms. The Morgan fingerprint density at radius 3 is 0.857 bits per heavy atom. The fraction of sp³-hybridized carbons (Fsp3) is 1.00. The molecule has 0 unspecified atom stereocenters. The predicted octanol–water partition coefficient (Wildman–Crippen LogP) is 3.31. The van der Waals surface area contributed by atoms with Gasteiger partial charge < -0.3 is 21.7 Å². The standard InChI is InChI=1S/C3H8N.3C2H6N.Hf/c1-2-3-4;3*1-3-2;/h4H,2-3H2,1H3;3*1-2H3;/q4*-1;+4. The van der Waals surface area contributed by atoms with E-state index in [2.05, 4.69) is 16.0 Å². The van der Waals surface area contributed by atoms with E-state index in [-0.39, 0.29) is 25.8 Å². The van der Waals surface area contributed by atoms with E-state index in [0.29, 0.717) is 6.54 Å². The van der Waals surface area contributed by atoms with Gasteiger partial charge in [-0.3, -0.25) is 0 Å². The van der Waals surface area contributed by atoms with Gasteiger partial charge in [0.05, 0.1) is 0 Å². The molecular weight excluding hydrogens is 343 g/mol. The van der Waals surface area contributed by atoms with Gasteiger partial charge in [-0.2, -0.15) is 48.8 Å². The normalized spacial score (nSPS) is 6.00. The summed E-state index contributed by atoms with van der Waals surface area (Å²) in [7, 11) is 10.5. The van der Waals surface area contributed by atoms with Gasteiger partial charge in [-0.1, -0.05) is 13.3 Å². The predicted molar refractivity (Wildman–Crippen MR) is 65.1 cm³/mol. The molecule has 4 nitrogen and oxygen atoms in total. The molecule has 0 saturated carbocycles. The number of rotatable bonds is 1. The van der Waals surface area contributed by atoms with Crippen LogP contribution >= 0.6 is 0 Å². The van der Waals surface area contributed by atoms with Crippen LogP contribution < -0.4 is 0 Å². The van der Waals surface area contributed by atoms with Crippen molar-refractivity contribution in [2.45, 2.75) is 13.3 Å². The quantitative estimate of drug-likeness (QED) is 0.637. The second-order valence-electron chi connectivity index (χ2n) is 2.09.